The van der Waals surface area contributed by atoms with Crippen LogP contribution in [0, 0.1) is 0 Å². The van der Waals surface area contributed by atoms with E-state index in [1.165, 1.54) is 0 Å². The van der Waals surface area contributed by atoms with Crippen molar-refractivity contribution in [3.63, 3.8) is 0 Å². The number of guanidine groups is 1. The van der Waals surface area contributed by atoms with Crippen LogP contribution in [-0.2, 0) is 13.1 Å². The highest BCUT2D eigenvalue weighted by Crippen LogP contribution is 2.17. The second kappa shape index (κ2) is 7.26. The van der Waals surface area contributed by atoms with Crippen LogP contribution >= 0.6 is 11.3 Å². The van der Waals surface area contributed by atoms with E-state index in [2.05, 4.69) is 30.8 Å². The summed E-state index contributed by atoms with van der Waals surface area (Å²) in [7, 11) is 5.71. The molecule has 0 amide bonds. The van der Waals surface area contributed by atoms with Crippen molar-refractivity contribution >= 4 is 28.1 Å². The van der Waals surface area contributed by atoms with Crippen molar-refractivity contribution in [3.05, 3.63) is 41.3 Å². The smallest absolute Gasteiger partial charge is 0.191 e. The first kappa shape index (κ1) is 16.2. The van der Waals surface area contributed by atoms with Crippen LogP contribution in [0.1, 0.15) is 11.5 Å². The quantitative estimate of drug-likeness (QED) is 0.533. The van der Waals surface area contributed by atoms with E-state index in [-0.39, 0.29) is 0 Å². The third kappa shape index (κ3) is 3.62. The number of thiazole rings is 1. The molecule has 3 rings (SSSR count). The maximum atomic E-state index is 4.54. The molecule has 2 N–H and O–H groups in total. The fourth-order valence-electron chi connectivity index (χ4n) is 2.15. The summed E-state index contributed by atoms with van der Waals surface area (Å²) in [5, 5.41) is 17.9. The van der Waals surface area contributed by atoms with E-state index in [1.54, 1.807) is 18.4 Å². The van der Waals surface area contributed by atoms with Gasteiger partial charge in [0.05, 0.1) is 18.8 Å². The fraction of sp³-hybridized carbons (Fsp3) is 0.333. The van der Waals surface area contributed by atoms with Gasteiger partial charge in [-0.2, -0.15) is 0 Å². The molecule has 0 fully saturated rings. The van der Waals surface area contributed by atoms with E-state index in [4.69, 9.17) is 0 Å². The minimum absolute atomic E-state index is 0.533. The van der Waals surface area contributed by atoms with Crippen molar-refractivity contribution < 1.29 is 0 Å². The van der Waals surface area contributed by atoms with Crippen LogP contribution in [0.15, 0.2) is 34.8 Å². The molecule has 3 aromatic heterocycles. The van der Waals surface area contributed by atoms with E-state index in [0.717, 1.165) is 22.3 Å². The third-order valence-electron chi connectivity index (χ3n) is 3.38. The van der Waals surface area contributed by atoms with E-state index >= 15 is 0 Å². The van der Waals surface area contributed by atoms with Gasteiger partial charge in [-0.05, 0) is 12.1 Å². The molecule has 0 aliphatic rings. The Morgan fingerprint density at radius 1 is 1.25 bits per heavy atom. The van der Waals surface area contributed by atoms with Gasteiger partial charge in [0, 0.05) is 32.7 Å². The monoisotopic (exact) mass is 344 g/mol. The Hall–Kier alpha value is -2.68. The zero-order valence-corrected chi connectivity index (χ0v) is 14.7. The lowest BCUT2D eigenvalue weighted by Gasteiger charge is -2.10. The zero-order valence-electron chi connectivity index (χ0n) is 13.9. The van der Waals surface area contributed by atoms with Crippen molar-refractivity contribution in [2.75, 3.05) is 26.0 Å². The minimum Gasteiger partial charge on any atom is -0.354 e. The number of nitrogens with one attached hydrogen (secondary N) is 2. The predicted octanol–water partition coefficient (Wildman–Crippen LogP) is 1.12. The Kier molecular flexibility index (Phi) is 4.90. The topological polar surface area (TPSA) is 82.7 Å². The SMILES string of the molecule is CN=C(NCc1csc(N(C)C)n1)NCc1nnc2ccccn12. The Morgan fingerprint density at radius 3 is 2.83 bits per heavy atom. The highest BCUT2D eigenvalue weighted by atomic mass is 32.1. The molecule has 3 aromatic rings. The zero-order chi connectivity index (χ0) is 16.9. The van der Waals surface area contributed by atoms with Gasteiger partial charge in [-0.25, -0.2) is 4.98 Å². The molecule has 8 nitrogen and oxygen atoms in total. The van der Waals surface area contributed by atoms with Gasteiger partial charge in [0.2, 0.25) is 0 Å². The van der Waals surface area contributed by atoms with Gasteiger partial charge in [0.15, 0.2) is 22.6 Å². The van der Waals surface area contributed by atoms with Crippen LogP contribution in [0.2, 0.25) is 0 Å². The number of pyridine rings is 1. The number of aromatic nitrogens is 4. The van der Waals surface area contributed by atoms with Crippen LogP contribution in [0.5, 0.6) is 0 Å². The minimum atomic E-state index is 0.533. The second-order valence-electron chi connectivity index (χ2n) is 5.34. The molecule has 0 unspecified atom stereocenters. The molecule has 0 aromatic carbocycles. The molecule has 0 saturated heterocycles. The number of rotatable bonds is 5. The molecule has 24 heavy (non-hydrogen) atoms. The molecule has 0 aliphatic heterocycles. The van der Waals surface area contributed by atoms with E-state index < -0.39 is 0 Å². The molecule has 126 valence electrons. The van der Waals surface area contributed by atoms with E-state index in [1.807, 2.05) is 53.2 Å². The van der Waals surface area contributed by atoms with Gasteiger partial charge < -0.3 is 15.5 Å². The third-order valence-corrected chi connectivity index (χ3v) is 4.44. The molecule has 0 bridgehead atoms. The molecule has 9 heteroatoms. The lowest BCUT2D eigenvalue weighted by Crippen LogP contribution is -2.36. The summed E-state index contributed by atoms with van der Waals surface area (Å²) in [6, 6.07) is 5.82. The summed E-state index contributed by atoms with van der Waals surface area (Å²) in [6.45, 7) is 1.15. The van der Waals surface area contributed by atoms with Crippen molar-refractivity contribution in [1.82, 2.24) is 30.2 Å². The highest BCUT2D eigenvalue weighted by Gasteiger charge is 2.07. The van der Waals surface area contributed by atoms with Crippen LogP contribution in [0.25, 0.3) is 5.65 Å². The van der Waals surface area contributed by atoms with Crippen LogP contribution in [0.3, 0.4) is 0 Å². The standard InChI is InChI=1S/C15H20N8S/c1-16-14(17-8-11-10-24-15(19-11)22(2)3)18-9-13-21-20-12-6-4-5-7-23(12)13/h4-7,10H,8-9H2,1-3H3,(H2,16,17,18). The summed E-state index contributed by atoms with van der Waals surface area (Å²) in [4.78, 5) is 10.8. The first-order chi connectivity index (χ1) is 11.7. The predicted molar refractivity (Wildman–Crippen MR) is 96.5 cm³/mol. The average molecular weight is 344 g/mol. The normalized spacial score (nSPS) is 11.7. The summed E-state index contributed by atoms with van der Waals surface area (Å²) < 4.78 is 1.95. The Labute approximate surface area is 144 Å². The number of anilines is 1. The number of aliphatic imine (C=N–C) groups is 1. The summed E-state index contributed by atoms with van der Waals surface area (Å²) >= 11 is 1.62. The largest absolute Gasteiger partial charge is 0.354 e. The Balaban J connectivity index is 1.57. The molecule has 3 heterocycles. The van der Waals surface area contributed by atoms with Crippen molar-refractivity contribution in [1.29, 1.82) is 0 Å². The Morgan fingerprint density at radius 2 is 2.08 bits per heavy atom. The molecular formula is C15H20N8S. The summed E-state index contributed by atoms with van der Waals surface area (Å²) in [5.41, 5.74) is 1.82. The van der Waals surface area contributed by atoms with E-state index in [0.29, 0.717) is 19.0 Å². The second-order valence-corrected chi connectivity index (χ2v) is 6.18. The molecule has 0 spiro atoms. The van der Waals surface area contributed by atoms with Gasteiger partial charge in [-0.3, -0.25) is 9.39 Å². The van der Waals surface area contributed by atoms with Gasteiger partial charge in [-0.1, -0.05) is 6.07 Å². The number of fused-ring (bicyclic) bond motifs is 1. The van der Waals surface area contributed by atoms with Gasteiger partial charge >= 0.3 is 0 Å². The van der Waals surface area contributed by atoms with Crippen molar-refractivity contribution in [2.24, 2.45) is 4.99 Å². The van der Waals surface area contributed by atoms with Crippen LogP contribution in [-0.4, -0.2) is 46.7 Å². The molecular weight excluding hydrogens is 324 g/mol. The van der Waals surface area contributed by atoms with Gasteiger partial charge in [-0.15, -0.1) is 21.5 Å². The number of hydrogen-bond acceptors (Lipinski definition) is 6. The van der Waals surface area contributed by atoms with Crippen molar-refractivity contribution in [3.8, 4) is 0 Å². The van der Waals surface area contributed by atoms with Crippen LogP contribution in [0.4, 0.5) is 5.13 Å². The molecule has 0 atom stereocenters. The molecule has 0 radical (unpaired) electrons. The van der Waals surface area contributed by atoms with Crippen LogP contribution < -0.4 is 15.5 Å². The first-order valence-corrected chi connectivity index (χ1v) is 8.40. The summed E-state index contributed by atoms with van der Waals surface area (Å²) in [5.74, 6) is 1.53. The molecule has 0 saturated carbocycles. The molecule has 0 aliphatic carbocycles. The van der Waals surface area contributed by atoms with Gasteiger partial charge in [0.1, 0.15) is 0 Å². The first-order valence-electron chi connectivity index (χ1n) is 7.52. The highest BCUT2D eigenvalue weighted by molar-refractivity contribution is 7.13. The lowest BCUT2D eigenvalue weighted by molar-refractivity contribution is 0.757. The lowest BCUT2D eigenvalue weighted by atomic mass is 10.4. The fourth-order valence-corrected chi connectivity index (χ4v) is 2.91. The average Bonchev–Trinajstić information content (AvgIpc) is 3.22. The maximum Gasteiger partial charge on any atom is 0.191 e. The number of nitrogens with zero attached hydrogens (tertiary/aromatic N) is 6. The number of hydrogen-bond donors (Lipinski definition) is 2. The van der Waals surface area contributed by atoms with Gasteiger partial charge in [0.25, 0.3) is 0 Å². The van der Waals surface area contributed by atoms with Crippen molar-refractivity contribution in [2.45, 2.75) is 13.1 Å². The van der Waals surface area contributed by atoms with E-state index in [9.17, 15) is 0 Å². The summed E-state index contributed by atoms with van der Waals surface area (Å²) in [6.07, 6.45) is 1.95. The Bertz CT molecular complexity index is 835. The maximum absolute atomic E-state index is 4.54.